The topological polar surface area (TPSA) is 138 Å². The highest BCUT2D eigenvalue weighted by molar-refractivity contribution is 7.15. The summed E-state index contributed by atoms with van der Waals surface area (Å²) in [6.07, 6.45) is 0.882. The maximum Gasteiger partial charge on any atom is 0.413 e. The Kier molecular flexibility index (Phi) is 7.01. The molecule has 2 aromatic rings. The number of urea groups is 1. The molecule has 0 bridgehead atoms. The van der Waals surface area contributed by atoms with E-state index in [9.17, 15) is 24.3 Å². The summed E-state index contributed by atoms with van der Waals surface area (Å²) in [4.78, 5) is 54.4. The summed E-state index contributed by atoms with van der Waals surface area (Å²) in [6.45, 7) is 6.95. The van der Waals surface area contributed by atoms with Gasteiger partial charge in [0.05, 0.1) is 12.0 Å². The van der Waals surface area contributed by atoms with Gasteiger partial charge in [0.25, 0.3) is 0 Å². The van der Waals surface area contributed by atoms with E-state index in [4.69, 9.17) is 4.74 Å². The summed E-state index contributed by atoms with van der Waals surface area (Å²) in [5.74, 6) is -2.75. The lowest BCUT2D eigenvalue weighted by Crippen LogP contribution is -2.68. The van der Waals surface area contributed by atoms with E-state index >= 15 is 0 Å². The average molecular weight is 475 g/mol. The molecule has 3 rings (SSSR count). The van der Waals surface area contributed by atoms with E-state index in [0.717, 1.165) is 21.8 Å². The minimum Gasteiger partial charge on any atom is -0.480 e. The highest BCUT2D eigenvalue weighted by Gasteiger charge is 2.55. The van der Waals surface area contributed by atoms with Gasteiger partial charge in [0.1, 0.15) is 5.60 Å². The summed E-state index contributed by atoms with van der Waals surface area (Å²) < 4.78 is 5.17. The fourth-order valence-electron chi connectivity index (χ4n) is 3.40. The van der Waals surface area contributed by atoms with E-state index in [2.05, 4.69) is 15.6 Å². The molecule has 1 fully saturated rings. The van der Waals surface area contributed by atoms with Gasteiger partial charge in [-0.3, -0.25) is 10.1 Å². The van der Waals surface area contributed by atoms with E-state index < -0.39 is 47.6 Å². The molecular weight excluding hydrogens is 448 g/mol. The second kappa shape index (κ2) is 9.57. The zero-order chi connectivity index (χ0) is 24.3. The molecule has 176 valence electrons. The van der Waals surface area contributed by atoms with Gasteiger partial charge in [0, 0.05) is 11.1 Å². The number of ether oxygens (including phenoxy) is 1. The number of β-lactam (4-membered cyclic amide) rings is 1. The molecule has 1 aliphatic heterocycles. The number of hydrogen-bond acceptors (Lipinski definition) is 7. The summed E-state index contributed by atoms with van der Waals surface area (Å²) in [6, 6.07) is 6.70. The number of nitrogens with one attached hydrogen (secondary N) is 2. The number of amides is 4. The molecule has 4 amide bonds. The Balaban J connectivity index is 1.63. The third-order valence-corrected chi connectivity index (χ3v) is 5.84. The van der Waals surface area contributed by atoms with Gasteiger partial charge in [-0.05, 0) is 39.7 Å². The second-order valence-corrected chi connectivity index (χ2v) is 9.76. The van der Waals surface area contributed by atoms with Crippen molar-refractivity contribution in [2.24, 2.45) is 5.92 Å². The highest BCUT2D eigenvalue weighted by atomic mass is 32.1. The highest BCUT2D eigenvalue weighted by Crippen LogP contribution is 2.33. The lowest BCUT2D eigenvalue weighted by molar-refractivity contribution is -0.165. The van der Waals surface area contributed by atoms with Crippen molar-refractivity contribution in [3.63, 3.8) is 0 Å². The zero-order valence-electron chi connectivity index (χ0n) is 18.7. The molecule has 0 saturated carbocycles. The van der Waals surface area contributed by atoms with Crippen molar-refractivity contribution in [1.29, 1.82) is 0 Å². The maximum absolute atomic E-state index is 12.7. The molecule has 3 unspecified atom stereocenters. The van der Waals surface area contributed by atoms with Gasteiger partial charge >= 0.3 is 18.1 Å². The lowest BCUT2D eigenvalue weighted by atomic mass is 9.84. The van der Waals surface area contributed by atoms with Gasteiger partial charge in [0.2, 0.25) is 5.91 Å². The van der Waals surface area contributed by atoms with Crippen LogP contribution in [-0.2, 0) is 20.7 Å². The van der Waals surface area contributed by atoms with Crippen molar-refractivity contribution in [3.8, 4) is 0 Å². The second-order valence-electron chi connectivity index (χ2n) is 8.64. The fraction of sp³-hybridized carbons (Fsp3) is 0.409. The van der Waals surface area contributed by atoms with Crippen LogP contribution in [0.5, 0.6) is 0 Å². The first kappa shape index (κ1) is 24.2. The number of benzene rings is 1. The van der Waals surface area contributed by atoms with Crippen LogP contribution in [0.1, 0.15) is 44.2 Å². The minimum absolute atomic E-state index is 0.0848. The third-order valence-electron chi connectivity index (χ3n) is 4.91. The number of hydrogen-bond donors (Lipinski definition) is 3. The number of likely N-dealkylation sites (tertiary alicyclic amines) is 1. The molecular formula is C22H26N4O6S. The number of anilines is 1. The molecule has 1 aromatic heterocycles. The van der Waals surface area contributed by atoms with Crippen LogP contribution in [-0.4, -0.2) is 50.6 Å². The van der Waals surface area contributed by atoms with Crippen molar-refractivity contribution in [2.75, 3.05) is 5.32 Å². The van der Waals surface area contributed by atoms with Crippen LogP contribution in [0, 0.1) is 5.92 Å². The van der Waals surface area contributed by atoms with E-state index in [1.54, 1.807) is 27.7 Å². The van der Waals surface area contributed by atoms with Crippen LogP contribution < -0.4 is 10.6 Å². The summed E-state index contributed by atoms with van der Waals surface area (Å²) in [5.41, 5.74) is 0.163. The molecule has 0 aliphatic carbocycles. The summed E-state index contributed by atoms with van der Waals surface area (Å²) in [5, 5.41) is 15.1. The molecule has 2 heterocycles. The number of aliphatic carboxylic acids is 1. The van der Waals surface area contributed by atoms with Gasteiger partial charge in [-0.1, -0.05) is 30.3 Å². The molecule has 1 aromatic carbocycles. The maximum atomic E-state index is 12.7. The number of carbonyl (C=O) groups is 4. The quantitative estimate of drug-likeness (QED) is 0.545. The van der Waals surface area contributed by atoms with E-state index in [-0.39, 0.29) is 11.6 Å². The van der Waals surface area contributed by atoms with Crippen LogP contribution in [0.15, 0.2) is 36.5 Å². The number of nitrogens with zero attached hydrogens (tertiary/aromatic N) is 2. The van der Waals surface area contributed by atoms with Crippen LogP contribution in [0.2, 0.25) is 0 Å². The summed E-state index contributed by atoms with van der Waals surface area (Å²) >= 11 is 1.11. The van der Waals surface area contributed by atoms with Crippen molar-refractivity contribution < 1.29 is 29.0 Å². The van der Waals surface area contributed by atoms with Gasteiger partial charge in [-0.2, -0.15) is 0 Å². The first-order valence-corrected chi connectivity index (χ1v) is 11.1. The molecule has 3 atom stereocenters. The Bertz CT molecular complexity index is 1050. The first-order valence-electron chi connectivity index (χ1n) is 10.3. The first-order chi connectivity index (χ1) is 15.5. The van der Waals surface area contributed by atoms with Crippen molar-refractivity contribution in [3.05, 3.63) is 47.0 Å². The largest absolute Gasteiger partial charge is 0.480 e. The van der Waals surface area contributed by atoms with Crippen molar-refractivity contribution in [2.45, 2.75) is 51.8 Å². The number of aromatic nitrogens is 1. The molecule has 1 aliphatic rings. The Labute approximate surface area is 195 Å². The summed E-state index contributed by atoms with van der Waals surface area (Å²) in [7, 11) is 0. The number of carboxylic acid groups (broad SMARTS) is 1. The number of rotatable bonds is 6. The predicted molar refractivity (Wildman–Crippen MR) is 121 cm³/mol. The number of imide groups is 1. The van der Waals surface area contributed by atoms with Crippen LogP contribution >= 0.6 is 11.3 Å². The Morgan fingerprint density at radius 3 is 2.52 bits per heavy atom. The molecule has 10 nitrogen and oxygen atoms in total. The third kappa shape index (κ3) is 5.86. The van der Waals surface area contributed by atoms with Crippen molar-refractivity contribution >= 4 is 40.5 Å². The Hall–Kier alpha value is -3.47. The zero-order valence-corrected chi connectivity index (χ0v) is 19.5. The predicted octanol–water partition coefficient (Wildman–Crippen LogP) is 3.42. The number of carboxylic acids is 1. The molecule has 3 N–H and O–H groups in total. The van der Waals surface area contributed by atoms with Crippen LogP contribution in [0.4, 0.5) is 14.7 Å². The molecule has 0 spiro atoms. The molecule has 33 heavy (non-hydrogen) atoms. The average Bonchev–Trinajstić information content (AvgIpc) is 3.15. The lowest BCUT2D eigenvalue weighted by Gasteiger charge is -2.43. The minimum atomic E-state index is -1.29. The normalized spacial score (nSPS) is 18.8. The molecule has 11 heteroatoms. The van der Waals surface area contributed by atoms with Gasteiger partial charge < -0.3 is 15.2 Å². The number of thiazole rings is 1. The van der Waals surface area contributed by atoms with E-state index in [0.29, 0.717) is 4.88 Å². The Morgan fingerprint density at radius 2 is 1.91 bits per heavy atom. The Morgan fingerprint density at radius 1 is 1.24 bits per heavy atom. The van der Waals surface area contributed by atoms with Crippen LogP contribution in [0.3, 0.4) is 0 Å². The molecule has 0 radical (unpaired) electrons. The van der Waals surface area contributed by atoms with E-state index in [1.807, 2.05) is 30.3 Å². The number of carbonyl (C=O) groups excluding carboxylic acids is 3. The van der Waals surface area contributed by atoms with Gasteiger partial charge in [0.15, 0.2) is 11.2 Å². The SMILES string of the molecule is CC(NC(=O)N1C(=O)C(Cc2cnc(NC(=O)OC(C)(C)C)s2)C1C(=O)O)c1ccccc1. The van der Waals surface area contributed by atoms with Gasteiger partial charge in [-0.15, -0.1) is 11.3 Å². The standard InChI is InChI=1S/C22H26N4O6S/c1-12(13-8-6-5-7-9-13)24-20(30)26-16(18(28)29)15(17(26)27)10-14-11-23-19(33-14)25-21(31)32-22(2,3)4/h5-9,11-12,15-16H,10H2,1-4H3,(H,24,30)(H,28,29)(H,23,25,31). The molecule has 1 saturated heterocycles. The fourth-order valence-corrected chi connectivity index (χ4v) is 4.26. The monoisotopic (exact) mass is 474 g/mol. The smallest absolute Gasteiger partial charge is 0.413 e. The van der Waals surface area contributed by atoms with E-state index in [1.165, 1.54) is 6.20 Å². The van der Waals surface area contributed by atoms with Gasteiger partial charge in [-0.25, -0.2) is 24.3 Å². The van der Waals surface area contributed by atoms with Crippen molar-refractivity contribution in [1.82, 2.24) is 15.2 Å². The van der Waals surface area contributed by atoms with Crippen LogP contribution in [0.25, 0.3) is 0 Å².